The molecule has 0 aromatic heterocycles. The molecule has 0 fully saturated rings. The minimum Gasteiger partial charge on any atom is -0.363 e. The zero-order valence-corrected chi connectivity index (χ0v) is 11.1. The molecular formula is C15H23NO. The van der Waals surface area contributed by atoms with E-state index in [9.17, 15) is 0 Å². The third-order valence-electron chi connectivity index (χ3n) is 4.03. The van der Waals surface area contributed by atoms with Crippen LogP contribution in [0.15, 0.2) is 24.3 Å². The van der Waals surface area contributed by atoms with Gasteiger partial charge in [0.2, 0.25) is 0 Å². The van der Waals surface area contributed by atoms with Crippen LogP contribution in [0.4, 0.5) is 0 Å². The molecule has 0 heterocycles. The second-order valence-electron chi connectivity index (χ2n) is 4.94. The molecule has 17 heavy (non-hydrogen) atoms. The van der Waals surface area contributed by atoms with Gasteiger partial charge in [-0.3, -0.25) is 5.32 Å². The molecule has 1 aliphatic rings. The maximum absolute atomic E-state index is 5.84. The van der Waals surface area contributed by atoms with Crippen molar-refractivity contribution < 1.29 is 4.74 Å². The Morgan fingerprint density at radius 1 is 1.41 bits per heavy atom. The molecule has 2 heteroatoms. The fourth-order valence-electron chi connectivity index (χ4n) is 2.90. The zero-order valence-electron chi connectivity index (χ0n) is 11.1. The minimum absolute atomic E-state index is 0.176. The van der Waals surface area contributed by atoms with Crippen molar-refractivity contribution in [2.45, 2.75) is 44.8 Å². The van der Waals surface area contributed by atoms with Crippen LogP contribution in [0.3, 0.4) is 0 Å². The summed E-state index contributed by atoms with van der Waals surface area (Å²) in [5.41, 5.74) is 2.74. The number of benzene rings is 1. The number of methoxy groups -OCH3 is 1. The second kappa shape index (κ2) is 5.19. The molecule has 0 aliphatic heterocycles. The SMILES string of the molecule is CCCN[C@@]1(OC)CCc2ccccc2[C@H]1C. The molecule has 0 bridgehead atoms. The molecule has 2 rings (SSSR count). The standard InChI is InChI=1S/C15H23NO/c1-4-11-16-15(17-3)10-9-13-7-5-6-8-14(13)12(15)2/h5-8,12,16H,4,9-11H2,1-3H3/t12-,15-/m1/s1. The lowest BCUT2D eigenvalue weighted by Crippen LogP contribution is -2.53. The molecule has 0 spiro atoms. The number of ether oxygens (including phenoxy) is 1. The first-order valence-corrected chi connectivity index (χ1v) is 6.61. The summed E-state index contributed by atoms with van der Waals surface area (Å²) in [4.78, 5) is 0. The lowest BCUT2D eigenvalue weighted by Gasteiger charge is -2.43. The van der Waals surface area contributed by atoms with Crippen LogP contribution in [0.2, 0.25) is 0 Å². The van der Waals surface area contributed by atoms with Crippen molar-refractivity contribution in [3.8, 4) is 0 Å². The molecule has 2 atom stereocenters. The Balaban J connectivity index is 2.27. The van der Waals surface area contributed by atoms with Crippen LogP contribution in [0.1, 0.15) is 43.7 Å². The summed E-state index contributed by atoms with van der Waals surface area (Å²) >= 11 is 0. The summed E-state index contributed by atoms with van der Waals surface area (Å²) in [7, 11) is 1.83. The van der Waals surface area contributed by atoms with Crippen LogP contribution < -0.4 is 5.32 Å². The molecule has 1 N–H and O–H groups in total. The number of rotatable bonds is 4. The molecule has 0 saturated carbocycles. The normalized spacial score (nSPS) is 27.8. The van der Waals surface area contributed by atoms with E-state index in [0.29, 0.717) is 5.92 Å². The van der Waals surface area contributed by atoms with Crippen molar-refractivity contribution in [1.29, 1.82) is 0 Å². The highest BCUT2D eigenvalue weighted by atomic mass is 16.5. The van der Waals surface area contributed by atoms with E-state index in [0.717, 1.165) is 25.8 Å². The Morgan fingerprint density at radius 2 is 2.18 bits per heavy atom. The van der Waals surface area contributed by atoms with E-state index in [1.165, 1.54) is 11.1 Å². The molecule has 1 aliphatic carbocycles. The highest BCUT2D eigenvalue weighted by molar-refractivity contribution is 5.35. The Hall–Kier alpha value is -0.860. The maximum Gasteiger partial charge on any atom is 0.125 e. The molecule has 1 aromatic carbocycles. The Labute approximate surface area is 104 Å². The largest absolute Gasteiger partial charge is 0.363 e. The van der Waals surface area contributed by atoms with Gasteiger partial charge in [0.05, 0.1) is 0 Å². The van der Waals surface area contributed by atoms with Crippen LogP contribution in [0, 0.1) is 0 Å². The predicted molar refractivity (Wildman–Crippen MR) is 71.2 cm³/mol. The fourth-order valence-corrected chi connectivity index (χ4v) is 2.90. The van der Waals surface area contributed by atoms with E-state index >= 15 is 0 Å². The number of aryl methyl sites for hydroxylation is 1. The smallest absolute Gasteiger partial charge is 0.125 e. The van der Waals surface area contributed by atoms with Crippen molar-refractivity contribution in [3.05, 3.63) is 35.4 Å². The molecule has 94 valence electrons. The number of nitrogens with one attached hydrogen (secondary N) is 1. The first-order chi connectivity index (χ1) is 8.23. The van der Waals surface area contributed by atoms with Crippen LogP contribution in [-0.2, 0) is 11.2 Å². The average Bonchev–Trinajstić information content (AvgIpc) is 2.39. The minimum atomic E-state index is -0.176. The van der Waals surface area contributed by atoms with Crippen LogP contribution >= 0.6 is 0 Å². The maximum atomic E-state index is 5.84. The Bertz CT molecular complexity index is 377. The van der Waals surface area contributed by atoms with Gasteiger partial charge in [0.25, 0.3) is 0 Å². The van der Waals surface area contributed by atoms with Gasteiger partial charge >= 0.3 is 0 Å². The van der Waals surface area contributed by atoms with Gasteiger partial charge in [-0.1, -0.05) is 38.1 Å². The summed E-state index contributed by atoms with van der Waals surface area (Å²) in [5, 5.41) is 3.60. The van der Waals surface area contributed by atoms with E-state index in [-0.39, 0.29) is 5.72 Å². The quantitative estimate of drug-likeness (QED) is 0.807. The second-order valence-corrected chi connectivity index (χ2v) is 4.94. The Kier molecular flexibility index (Phi) is 3.85. The van der Waals surface area contributed by atoms with Crippen molar-refractivity contribution in [2.75, 3.05) is 13.7 Å². The van der Waals surface area contributed by atoms with Crippen molar-refractivity contribution in [3.63, 3.8) is 0 Å². The van der Waals surface area contributed by atoms with Gasteiger partial charge in [0.1, 0.15) is 5.72 Å². The lowest BCUT2D eigenvalue weighted by molar-refractivity contribution is -0.0683. The van der Waals surface area contributed by atoms with E-state index in [4.69, 9.17) is 4.74 Å². The van der Waals surface area contributed by atoms with Gasteiger partial charge in [-0.05, 0) is 36.9 Å². The van der Waals surface area contributed by atoms with E-state index < -0.39 is 0 Å². The summed E-state index contributed by atoms with van der Waals surface area (Å²) < 4.78 is 5.84. The van der Waals surface area contributed by atoms with Gasteiger partial charge in [-0.2, -0.15) is 0 Å². The predicted octanol–water partition coefficient (Wildman–Crippen LogP) is 3.08. The van der Waals surface area contributed by atoms with Crippen molar-refractivity contribution >= 4 is 0 Å². The molecule has 0 saturated heterocycles. The van der Waals surface area contributed by atoms with E-state index in [1.807, 2.05) is 7.11 Å². The van der Waals surface area contributed by atoms with Crippen molar-refractivity contribution in [1.82, 2.24) is 5.32 Å². The summed E-state index contributed by atoms with van der Waals surface area (Å²) in [5.74, 6) is 0.406. The molecule has 0 radical (unpaired) electrons. The Morgan fingerprint density at radius 3 is 2.88 bits per heavy atom. The number of fused-ring (bicyclic) bond motifs is 1. The third kappa shape index (κ3) is 2.24. The summed E-state index contributed by atoms with van der Waals surface area (Å²) in [6.45, 7) is 5.47. The van der Waals surface area contributed by atoms with Gasteiger partial charge in [-0.15, -0.1) is 0 Å². The highest BCUT2D eigenvalue weighted by Gasteiger charge is 2.40. The van der Waals surface area contributed by atoms with Gasteiger partial charge in [-0.25, -0.2) is 0 Å². The van der Waals surface area contributed by atoms with Crippen LogP contribution in [0.5, 0.6) is 0 Å². The molecular weight excluding hydrogens is 210 g/mol. The van der Waals surface area contributed by atoms with Crippen LogP contribution in [0.25, 0.3) is 0 Å². The third-order valence-corrected chi connectivity index (χ3v) is 4.03. The molecule has 0 amide bonds. The lowest BCUT2D eigenvalue weighted by atomic mass is 9.77. The zero-order chi connectivity index (χ0) is 12.3. The van der Waals surface area contributed by atoms with Gasteiger partial charge in [0.15, 0.2) is 0 Å². The average molecular weight is 233 g/mol. The summed E-state index contributed by atoms with van der Waals surface area (Å²) in [6.07, 6.45) is 3.30. The molecule has 1 aromatic rings. The monoisotopic (exact) mass is 233 g/mol. The van der Waals surface area contributed by atoms with E-state index in [1.54, 1.807) is 0 Å². The number of hydrogen-bond donors (Lipinski definition) is 1. The first-order valence-electron chi connectivity index (χ1n) is 6.61. The van der Waals surface area contributed by atoms with Gasteiger partial charge < -0.3 is 4.74 Å². The number of hydrogen-bond acceptors (Lipinski definition) is 2. The van der Waals surface area contributed by atoms with Crippen LogP contribution in [-0.4, -0.2) is 19.4 Å². The topological polar surface area (TPSA) is 21.3 Å². The van der Waals surface area contributed by atoms with Gasteiger partial charge in [0, 0.05) is 13.0 Å². The van der Waals surface area contributed by atoms with E-state index in [2.05, 4.69) is 43.4 Å². The van der Waals surface area contributed by atoms with Crippen molar-refractivity contribution in [2.24, 2.45) is 0 Å². The highest BCUT2D eigenvalue weighted by Crippen LogP contribution is 2.39. The summed E-state index contributed by atoms with van der Waals surface area (Å²) in [6, 6.07) is 8.73. The molecule has 0 unspecified atom stereocenters. The first kappa shape index (κ1) is 12.6. The molecule has 2 nitrogen and oxygen atoms in total. The fraction of sp³-hybridized carbons (Fsp3) is 0.600.